The van der Waals surface area contributed by atoms with Crippen LogP contribution in [0.3, 0.4) is 0 Å². The number of carbonyl (C=O) groups excluding carboxylic acids is 2. The van der Waals surface area contributed by atoms with Gasteiger partial charge in [-0.25, -0.2) is 0 Å². The van der Waals surface area contributed by atoms with E-state index in [0.717, 1.165) is 30.0 Å². The van der Waals surface area contributed by atoms with E-state index in [4.69, 9.17) is 15.2 Å². The molecule has 1 heterocycles. The number of anilines is 1. The van der Waals surface area contributed by atoms with Gasteiger partial charge in [0.2, 0.25) is 11.8 Å². The lowest BCUT2D eigenvalue weighted by Gasteiger charge is -2.33. The van der Waals surface area contributed by atoms with Crippen LogP contribution < -0.4 is 25.8 Å². The van der Waals surface area contributed by atoms with Gasteiger partial charge in [-0.2, -0.15) is 0 Å². The summed E-state index contributed by atoms with van der Waals surface area (Å²) in [5.74, 6) is 1.12. The van der Waals surface area contributed by atoms with E-state index in [1.807, 2.05) is 32.0 Å². The molecule has 1 aliphatic rings. The Bertz CT molecular complexity index is 661. The summed E-state index contributed by atoms with van der Waals surface area (Å²) in [6, 6.07) is 5.33. The molecule has 0 spiro atoms. The van der Waals surface area contributed by atoms with Crippen molar-refractivity contribution >= 4 is 42.3 Å². The minimum Gasteiger partial charge on any atom is -0.497 e. The lowest BCUT2D eigenvalue weighted by molar-refractivity contribution is -0.134. The average Bonchev–Trinajstić information content (AvgIpc) is 2.71. The number of methoxy groups -OCH3 is 2. The molecule has 4 N–H and O–H groups in total. The van der Waals surface area contributed by atoms with Gasteiger partial charge in [0.1, 0.15) is 11.5 Å². The second kappa shape index (κ2) is 13.4. The van der Waals surface area contributed by atoms with E-state index in [-0.39, 0.29) is 55.1 Å². The van der Waals surface area contributed by atoms with Crippen molar-refractivity contribution in [1.82, 2.24) is 10.2 Å². The van der Waals surface area contributed by atoms with E-state index < -0.39 is 6.04 Å². The van der Waals surface area contributed by atoms with E-state index in [1.54, 1.807) is 19.1 Å². The Balaban J connectivity index is 0.00000420. The van der Waals surface area contributed by atoms with Gasteiger partial charge in [-0.1, -0.05) is 13.8 Å². The molecular weight excluding hydrogens is 431 g/mol. The highest BCUT2D eigenvalue weighted by Gasteiger charge is 2.24. The Morgan fingerprint density at radius 3 is 2.10 bits per heavy atom. The van der Waals surface area contributed by atoms with Crippen LogP contribution in [0.5, 0.6) is 11.5 Å². The molecule has 2 amide bonds. The molecule has 0 unspecified atom stereocenters. The lowest BCUT2D eigenvalue weighted by Crippen LogP contribution is -2.50. The Labute approximate surface area is 191 Å². The third-order valence-electron chi connectivity index (χ3n) is 5.00. The third kappa shape index (κ3) is 8.08. The van der Waals surface area contributed by atoms with Gasteiger partial charge in [-0.05, 0) is 18.8 Å². The van der Waals surface area contributed by atoms with Crippen LogP contribution in [0.15, 0.2) is 18.2 Å². The van der Waals surface area contributed by atoms with Crippen molar-refractivity contribution in [1.29, 1.82) is 0 Å². The van der Waals surface area contributed by atoms with E-state index in [1.165, 1.54) is 0 Å². The number of ether oxygens (including phenoxy) is 2. The molecule has 1 aliphatic heterocycles. The highest BCUT2D eigenvalue weighted by Crippen LogP contribution is 2.27. The monoisotopic (exact) mass is 464 g/mol. The number of nitrogens with zero attached hydrogens (tertiary/aromatic N) is 1. The molecule has 0 radical (unpaired) electrons. The quantitative estimate of drug-likeness (QED) is 0.543. The minimum atomic E-state index is -0.595. The summed E-state index contributed by atoms with van der Waals surface area (Å²) in [7, 11) is 3.24. The largest absolute Gasteiger partial charge is 0.497 e. The van der Waals surface area contributed by atoms with E-state index >= 15 is 0 Å². The van der Waals surface area contributed by atoms with Gasteiger partial charge in [0.15, 0.2) is 0 Å². The number of benzene rings is 1. The van der Waals surface area contributed by atoms with Crippen molar-refractivity contribution < 1.29 is 19.1 Å². The molecule has 1 saturated heterocycles. The predicted molar refractivity (Wildman–Crippen MR) is 123 cm³/mol. The van der Waals surface area contributed by atoms with Crippen LogP contribution in [-0.2, 0) is 9.59 Å². The van der Waals surface area contributed by atoms with E-state index in [0.29, 0.717) is 13.1 Å². The van der Waals surface area contributed by atoms with Crippen molar-refractivity contribution in [2.75, 3.05) is 39.2 Å². The summed E-state index contributed by atoms with van der Waals surface area (Å²) in [5.41, 5.74) is 6.72. The van der Waals surface area contributed by atoms with Crippen LogP contribution in [-0.4, -0.2) is 62.7 Å². The zero-order valence-electron chi connectivity index (χ0n) is 18.0. The molecule has 1 aromatic carbocycles. The zero-order valence-corrected chi connectivity index (χ0v) is 19.6. The normalized spacial score (nSPS) is 14.8. The summed E-state index contributed by atoms with van der Waals surface area (Å²) in [6.45, 7) is 5.03. The molecule has 30 heavy (non-hydrogen) atoms. The Morgan fingerprint density at radius 1 is 1.10 bits per heavy atom. The molecule has 0 aromatic heterocycles. The number of amides is 2. The van der Waals surface area contributed by atoms with Crippen molar-refractivity contribution in [3.8, 4) is 11.5 Å². The van der Waals surface area contributed by atoms with Crippen LogP contribution in [0.25, 0.3) is 0 Å². The predicted octanol–water partition coefficient (Wildman–Crippen LogP) is 2.05. The van der Waals surface area contributed by atoms with Crippen molar-refractivity contribution in [3.63, 3.8) is 0 Å². The molecule has 172 valence electrons. The van der Waals surface area contributed by atoms with Gasteiger partial charge < -0.3 is 30.7 Å². The van der Waals surface area contributed by atoms with Gasteiger partial charge in [0, 0.05) is 43.0 Å². The molecule has 1 atom stereocenters. The number of halogens is 2. The summed E-state index contributed by atoms with van der Waals surface area (Å²) < 4.78 is 10.6. The summed E-state index contributed by atoms with van der Waals surface area (Å²) in [6.07, 6.45) is 1.65. The Kier molecular flexibility index (Phi) is 12.6. The Morgan fingerprint density at radius 2 is 1.63 bits per heavy atom. The summed E-state index contributed by atoms with van der Waals surface area (Å²) >= 11 is 0. The van der Waals surface area contributed by atoms with Gasteiger partial charge >= 0.3 is 0 Å². The highest BCUT2D eigenvalue weighted by atomic mass is 35.5. The van der Waals surface area contributed by atoms with Gasteiger partial charge in [-0.3, -0.25) is 9.59 Å². The van der Waals surface area contributed by atoms with E-state index in [2.05, 4.69) is 10.6 Å². The first-order chi connectivity index (χ1) is 13.3. The maximum Gasteiger partial charge on any atom is 0.241 e. The topological polar surface area (TPSA) is 106 Å². The maximum atomic E-state index is 12.3. The summed E-state index contributed by atoms with van der Waals surface area (Å²) in [5, 5.41) is 6.12. The molecule has 0 saturated carbocycles. The van der Waals surface area contributed by atoms with Crippen LogP contribution >= 0.6 is 24.8 Å². The first-order valence-electron chi connectivity index (χ1n) is 9.64. The second-order valence-corrected chi connectivity index (χ2v) is 7.39. The number of carbonyl (C=O) groups is 2. The molecule has 0 aliphatic carbocycles. The van der Waals surface area contributed by atoms with Gasteiger partial charge in [0.05, 0.1) is 26.8 Å². The molecule has 1 fully saturated rings. The minimum absolute atomic E-state index is 0. The maximum absolute atomic E-state index is 12.3. The average molecular weight is 465 g/mol. The van der Waals surface area contributed by atoms with E-state index in [9.17, 15) is 9.59 Å². The van der Waals surface area contributed by atoms with Crippen molar-refractivity contribution in [2.45, 2.75) is 38.8 Å². The number of nitrogens with two attached hydrogens (primary N) is 1. The number of nitrogens with one attached hydrogen (secondary N) is 2. The number of hydrogen-bond donors (Lipinski definition) is 3. The van der Waals surface area contributed by atoms with Crippen molar-refractivity contribution in [2.24, 2.45) is 11.7 Å². The standard InChI is InChI=1S/C20H32N4O4.2ClH/c1-13(2)19(21)20(26)22-12-18(25)24-7-5-14(6-8-24)23-15-9-16(27-3)11-17(10-15)28-4;;/h9-11,13-14,19,23H,5-8,12,21H2,1-4H3,(H,22,26);2*1H/t19-;;/m0../s1. The third-order valence-corrected chi connectivity index (χ3v) is 5.00. The first-order valence-corrected chi connectivity index (χ1v) is 9.64. The first kappa shape index (κ1) is 28.1. The van der Waals surface area contributed by atoms with Crippen LogP contribution in [0.2, 0.25) is 0 Å². The molecule has 2 rings (SSSR count). The second-order valence-electron chi connectivity index (χ2n) is 7.39. The number of likely N-dealkylation sites (tertiary alicyclic amines) is 1. The fourth-order valence-corrected chi connectivity index (χ4v) is 3.09. The van der Waals surface area contributed by atoms with Gasteiger partial charge in [-0.15, -0.1) is 24.8 Å². The van der Waals surface area contributed by atoms with Crippen LogP contribution in [0.4, 0.5) is 5.69 Å². The summed E-state index contributed by atoms with van der Waals surface area (Å²) in [4.78, 5) is 26.0. The smallest absolute Gasteiger partial charge is 0.241 e. The number of hydrogen-bond acceptors (Lipinski definition) is 6. The number of piperidine rings is 1. The van der Waals surface area contributed by atoms with Crippen LogP contribution in [0, 0.1) is 5.92 Å². The van der Waals surface area contributed by atoms with Gasteiger partial charge in [0.25, 0.3) is 0 Å². The van der Waals surface area contributed by atoms with Crippen molar-refractivity contribution in [3.05, 3.63) is 18.2 Å². The number of rotatable bonds is 8. The molecule has 8 nitrogen and oxygen atoms in total. The Hall–Kier alpha value is -1.90. The fourth-order valence-electron chi connectivity index (χ4n) is 3.09. The van der Waals surface area contributed by atoms with Crippen LogP contribution in [0.1, 0.15) is 26.7 Å². The SMILES string of the molecule is COc1cc(NC2CCN(C(=O)CNC(=O)[C@@H](N)C(C)C)CC2)cc(OC)c1.Cl.Cl. The fraction of sp³-hybridized carbons (Fsp3) is 0.600. The molecule has 0 bridgehead atoms. The lowest BCUT2D eigenvalue weighted by atomic mass is 10.0. The molecule has 10 heteroatoms. The zero-order chi connectivity index (χ0) is 20.7. The highest BCUT2D eigenvalue weighted by molar-refractivity contribution is 5.87. The molecular formula is C20H34Cl2N4O4. The molecule has 1 aromatic rings.